The Hall–Kier alpha value is -2.14. The van der Waals surface area contributed by atoms with Gasteiger partial charge in [0.2, 0.25) is 0 Å². The molecule has 0 radical (unpaired) electrons. The molecule has 20 heavy (non-hydrogen) atoms. The van der Waals surface area contributed by atoms with Gasteiger partial charge in [-0.3, -0.25) is 0 Å². The number of hydrogen-bond donors (Lipinski definition) is 1. The highest BCUT2D eigenvalue weighted by atomic mass is 35.5. The number of carboxylic acids is 1. The van der Waals surface area contributed by atoms with Crippen LogP contribution in [-0.2, 0) is 6.54 Å². The van der Waals surface area contributed by atoms with Gasteiger partial charge in [-0.1, -0.05) is 23.7 Å². The lowest BCUT2D eigenvalue weighted by Crippen LogP contribution is -2.18. The van der Waals surface area contributed by atoms with Gasteiger partial charge in [0.05, 0.1) is 10.6 Å². The Balaban J connectivity index is 2.18. The molecular weight excluding hydrogens is 283 g/mol. The lowest BCUT2D eigenvalue weighted by Gasteiger charge is -2.19. The van der Waals surface area contributed by atoms with Crippen LogP contribution < -0.4 is 4.90 Å². The Kier molecular flexibility index (Phi) is 4.20. The molecule has 0 atom stereocenters. The van der Waals surface area contributed by atoms with Gasteiger partial charge in [0, 0.05) is 19.8 Å². The molecule has 0 unspecified atom stereocenters. The fourth-order valence-corrected chi connectivity index (χ4v) is 2.08. The number of nitrogens with zero attached hydrogens (tertiary/aromatic N) is 2. The van der Waals surface area contributed by atoms with E-state index in [0.29, 0.717) is 12.4 Å². The Morgan fingerprint density at radius 1 is 1.40 bits per heavy atom. The van der Waals surface area contributed by atoms with E-state index in [1.54, 1.807) is 24.1 Å². The van der Waals surface area contributed by atoms with Crippen LogP contribution in [0.4, 0.5) is 10.2 Å². The number of rotatable bonds is 4. The smallest absolute Gasteiger partial charge is 0.337 e. The number of halogens is 2. The van der Waals surface area contributed by atoms with Gasteiger partial charge in [-0.05, 0) is 23.8 Å². The molecule has 0 bridgehead atoms. The molecular formula is C14H12ClFN2O2. The van der Waals surface area contributed by atoms with E-state index in [0.717, 1.165) is 5.56 Å². The summed E-state index contributed by atoms with van der Waals surface area (Å²) in [6.07, 6.45) is 1.25. The quantitative estimate of drug-likeness (QED) is 0.941. The second-order valence-electron chi connectivity index (χ2n) is 4.32. The van der Waals surface area contributed by atoms with E-state index in [2.05, 4.69) is 4.98 Å². The summed E-state index contributed by atoms with van der Waals surface area (Å²) < 4.78 is 12.8. The number of hydrogen-bond acceptors (Lipinski definition) is 3. The number of anilines is 1. The first-order valence-corrected chi connectivity index (χ1v) is 6.19. The van der Waals surface area contributed by atoms with Crippen molar-refractivity contribution in [1.82, 2.24) is 4.98 Å². The molecule has 0 aliphatic heterocycles. The fourth-order valence-electron chi connectivity index (χ4n) is 1.77. The monoisotopic (exact) mass is 294 g/mol. The highest BCUT2D eigenvalue weighted by molar-refractivity contribution is 6.33. The predicted molar refractivity (Wildman–Crippen MR) is 74.7 cm³/mol. The zero-order chi connectivity index (χ0) is 14.7. The molecule has 0 amide bonds. The van der Waals surface area contributed by atoms with Gasteiger partial charge in [-0.25, -0.2) is 14.2 Å². The van der Waals surface area contributed by atoms with Crippen LogP contribution in [0, 0.1) is 5.82 Å². The van der Waals surface area contributed by atoms with Crippen LogP contribution in [0.1, 0.15) is 15.9 Å². The van der Waals surface area contributed by atoms with E-state index >= 15 is 0 Å². The van der Waals surface area contributed by atoms with Crippen molar-refractivity contribution < 1.29 is 14.3 Å². The average molecular weight is 295 g/mol. The first kappa shape index (κ1) is 14.3. The molecule has 0 saturated carbocycles. The van der Waals surface area contributed by atoms with Gasteiger partial charge in [-0.15, -0.1) is 0 Å². The van der Waals surface area contributed by atoms with Crippen molar-refractivity contribution in [2.24, 2.45) is 0 Å². The van der Waals surface area contributed by atoms with Gasteiger partial charge >= 0.3 is 5.97 Å². The molecule has 2 aromatic rings. The van der Waals surface area contributed by atoms with Crippen LogP contribution in [-0.4, -0.2) is 23.1 Å². The van der Waals surface area contributed by atoms with Crippen molar-refractivity contribution in [2.75, 3.05) is 11.9 Å². The molecule has 1 N–H and O–H groups in total. The lowest BCUT2D eigenvalue weighted by molar-refractivity contribution is 0.0696. The first-order valence-electron chi connectivity index (χ1n) is 5.82. The topological polar surface area (TPSA) is 53.4 Å². The van der Waals surface area contributed by atoms with E-state index in [4.69, 9.17) is 16.7 Å². The van der Waals surface area contributed by atoms with Crippen LogP contribution in [0.2, 0.25) is 5.02 Å². The number of pyridine rings is 1. The Morgan fingerprint density at radius 2 is 2.05 bits per heavy atom. The standard InChI is InChI=1S/C14H12ClFN2O2/c1-18(8-9-2-4-11(16)5-3-9)13-12(15)6-10(7-17-13)14(19)20/h2-7H,8H2,1H3,(H,19,20). The molecule has 4 nitrogen and oxygen atoms in total. The summed E-state index contributed by atoms with van der Waals surface area (Å²) in [7, 11) is 1.78. The maximum atomic E-state index is 12.8. The summed E-state index contributed by atoms with van der Waals surface area (Å²) in [4.78, 5) is 16.6. The third kappa shape index (κ3) is 3.24. The van der Waals surface area contributed by atoms with Crippen molar-refractivity contribution in [3.05, 3.63) is 58.5 Å². The highest BCUT2D eigenvalue weighted by Crippen LogP contribution is 2.24. The maximum absolute atomic E-state index is 12.8. The zero-order valence-electron chi connectivity index (χ0n) is 10.7. The van der Waals surface area contributed by atoms with Crippen molar-refractivity contribution >= 4 is 23.4 Å². The molecule has 104 valence electrons. The van der Waals surface area contributed by atoms with Crippen LogP contribution in [0.5, 0.6) is 0 Å². The third-order valence-corrected chi connectivity index (χ3v) is 3.04. The van der Waals surface area contributed by atoms with Crippen molar-refractivity contribution in [2.45, 2.75) is 6.54 Å². The minimum atomic E-state index is -1.08. The van der Waals surface area contributed by atoms with Crippen LogP contribution in [0.15, 0.2) is 36.5 Å². The van der Waals surface area contributed by atoms with Gasteiger partial charge in [0.15, 0.2) is 0 Å². The molecule has 0 saturated heterocycles. The van der Waals surface area contributed by atoms with Crippen molar-refractivity contribution in [1.29, 1.82) is 0 Å². The molecule has 0 aliphatic carbocycles. The lowest BCUT2D eigenvalue weighted by atomic mass is 10.2. The summed E-state index contributed by atoms with van der Waals surface area (Å²) >= 11 is 6.03. The molecule has 0 aliphatic rings. The molecule has 1 heterocycles. The summed E-state index contributed by atoms with van der Waals surface area (Å²) in [5, 5.41) is 9.11. The summed E-state index contributed by atoms with van der Waals surface area (Å²) in [5.74, 6) is -0.897. The fraction of sp³-hybridized carbons (Fsp3) is 0.143. The summed E-state index contributed by atoms with van der Waals surface area (Å²) in [5.41, 5.74) is 0.933. The van der Waals surface area contributed by atoms with Gasteiger partial charge in [-0.2, -0.15) is 0 Å². The summed E-state index contributed by atoms with van der Waals surface area (Å²) in [6, 6.07) is 7.46. The normalized spacial score (nSPS) is 10.3. The molecule has 1 aromatic heterocycles. The number of carboxylic acid groups (broad SMARTS) is 1. The van der Waals surface area contributed by atoms with Gasteiger partial charge < -0.3 is 10.0 Å². The first-order chi connectivity index (χ1) is 9.47. The molecule has 0 spiro atoms. The number of benzene rings is 1. The molecule has 2 rings (SSSR count). The Bertz CT molecular complexity index is 632. The molecule has 1 aromatic carbocycles. The van der Waals surface area contributed by atoms with E-state index in [1.165, 1.54) is 24.4 Å². The van der Waals surface area contributed by atoms with E-state index in [9.17, 15) is 9.18 Å². The SMILES string of the molecule is CN(Cc1ccc(F)cc1)c1ncc(C(=O)O)cc1Cl. The van der Waals surface area contributed by atoms with Crippen molar-refractivity contribution in [3.8, 4) is 0 Å². The molecule has 6 heteroatoms. The largest absolute Gasteiger partial charge is 0.478 e. The van der Waals surface area contributed by atoms with Crippen molar-refractivity contribution in [3.63, 3.8) is 0 Å². The van der Waals surface area contributed by atoms with Gasteiger partial charge in [0.1, 0.15) is 11.6 Å². The zero-order valence-corrected chi connectivity index (χ0v) is 11.4. The highest BCUT2D eigenvalue weighted by Gasteiger charge is 2.12. The number of aromatic carboxylic acids is 1. The van der Waals surface area contributed by atoms with E-state index in [1.807, 2.05) is 0 Å². The molecule has 0 fully saturated rings. The van der Waals surface area contributed by atoms with Gasteiger partial charge in [0.25, 0.3) is 0 Å². The number of aromatic nitrogens is 1. The Morgan fingerprint density at radius 3 is 2.60 bits per heavy atom. The predicted octanol–water partition coefficient (Wildman–Crippen LogP) is 3.21. The Labute approximate surface area is 120 Å². The van der Waals surface area contributed by atoms with Crippen LogP contribution >= 0.6 is 11.6 Å². The van der Waals surface area contributed by atoms with E-state index < -0.39 is 5.97 Å². The van der Waals surface area contributed by atoms with Crippen LogP contribution in [0.3, 0.4) is 0 Å². The minimum Gasteiger partial charge on any atom is -0.478 e. The maximum Gasteiger partial charge on any atom is 0.337 e. The summed E-state index contributed by atoms with van der Waals surface area (Å²) in [6.45, 7) is 0.486. The average Bonchev–Trinajstić information content (AvgIpc) is 2.41. The second-order valence-corrected chi connectivity index (χ2v) is 4.72. The second kappa shape index (κ2) is 5.88. The number of carbonyl (C=O) groups is 1. The van der Waals surface area contributed by atoms with E-state index in [-0.39, 0.29) is 16.4 Å². The minimum absolute atomic E-state index is 0.0360. The van der Waals surface area contributed by atoms with Crippen LogP contribution in [0.25, 0.3) is 0 Å². The third-order valence-electron chi connectivity index (χ3n) is 2.76.